The van der Waals surface area contributed by atoms with E-state index in [1.165, 1.54) is 25.7 Å². The van der Waals surface area contributed by atoms with E-state index in [4.69, 9.17) is 0 Å². The van der Waals surface area contributed by atoms with E-state index < -0.39 is 11.4 Å². The second-order valence-corrected chi connectivity index (χ2v) is 16.5. The normalized spacial score (nSPS) is 10.9. The van der Waals surface area contributed by atoms with E-state index in [0.29, 0.717) is 11.5 Å². The average molecular weight is 555 g/mol. The van der Waals surface area contributed by atoms with Gasteiger partial charge in [-0.05, 0) is 24.3 Å². The molecule has 0 aromatic rings. The second-order valence-electron chi connectivity index (χ2n) is 4.68. The summed E-state index contributed by atoms with van der Waals surface area (Å²) in [7, 11) is 0. The first kappa shape index (κ1) is 34.6. The van der Waals surface area contributed by atoms with Crippen molar-refractivity contribution in [1.29, 1.82) is 0 Å². The molecule has 0 aliphatic heterocycles. The molecule has 0 amide bonds. The third-order valence-electron chi connectivity index (χ3n) is 2.49. The minimum atomic E-state index is -3.46. The maximum Gasteiger partial charge on any atom is 2.00 e. The van der Waals surface area contributed by atoms with Crippen LogP contribution in [0.15, 0.2) is 0 Å². The molecule has 24 heavy (non-hydrogen) atoms. The van der Waals surface area contributed by atoms with Gasteiger partial charge in [0, 0.05) is 0 Å². The van der Waals surface area contributed by atoms with Crippen molar-refractivity contribution in [3.63, 3.8) is 0 Å². The first-order chi connectivity index (χ1) is 10.1. The molecule has 0 spiro atoms. The average Bonchev–Trinajstić information content (AvgIpc) is 2.36. The van der Waals surface area contributed by atoms with Crippen molar-refractivity contribution in [3.8, 4) is 0 Å². The Morgan fingerprint density at radius 2 is 0.917 bits per heavy atom. The van der Waals surface area contributed by atoms with Gasteiger partial charge in [-0.2, -0.15) is 34.2 Å². The maximum atomic E-state index is 10.5. The fourth-order valence-electron chi connectivity index (χ4n) is 1.41. The SMILES string of the molecule is CCCCCCSP([O-])([O-])=S.CCCCCCSP([O-])([O-])=S.[Zn+2].[Zn+2]. The predicted octanol–water partition coefficient (Wildman–Crippen LogP) is 2.49. The predicted molar refractivity (Wildman–Crippen MR) is 102 cm³/mol. The molecule has 0 aromatic heterocycles. The zero-order chi connectivity index (χ0) is 17.5. The molecule has 0 rings (SSSR count). The van der Waals surface area contributed by atoms with Crippen LogP contribution < -0.4 is 19.6 Å². The minimum absolute atomic E-state index is 0. The number of unbranched alkanes of at least 4 members (excludes halogenated alkanes) is 6. The van der Waals surface area contributed by atoms with Gasteiger partial charge in [-0.15, -0.1) is 23.6 Å². The summed E-state index contributed by atoms with van der Waals surface area (Å²) in [6, 6.07) is 0. The Balaban J connectivity index is -0.000000154. The molecule has 4 nitrogen and oxygen atoms in total. The Labute approximate surface area is 191 Å². The van der Waals surface area contributed by atoms with Crippen LogP contribution in [0.5, 0.6) is 0 Å². The molecule has 0 atom stereocenters. The summed E-state index contributed by atoms with van der Waals surface area (Å²) in [5.74, 6) is 1.31. The Kier molecular flexibility index (Phi) is 32.2. The number of rotatable bonds is 12. The standard InChI is InChI=1S/2C6H15O2PS2.2Zn/c2*1-2-3-4-5-6-11-9(7,8)10;;/h2*2-6H2,1H3,(H2,7,8,10);;/q;;2*+2/p-4. The molecule has 0 aliphatic carbocycles. The van der Waals surface area contributed by atoms with Gasteiger partial charge in [-0.3, -0.25) is 0 Å². The van der Waals surface area contributed by atoms with Gasteiger partial charge in [0.15, 0.2) is 0 Å². The van der Waals surface area contributed by atoms with Crippen molar-refractivity contribution in [3.05, 3.63) is 0 Å². The summed E-state index contributed by atoms with van der Waals surface area (Å²) in [6.07, 6.45) is 8.85. The van der Waals surface area contributed by atoms with Crippen molar-refractivity contribution in [2.45, 2.75) is 65.2 Å². The first-order valence-corrected chi connectivity index (χ1v) is 15.9. The van der Waals surface area contributed by atoms with Gasteiger partial charge in [-0.25, -0.2) is 0 Å². The second kappa shape index (κ2) is 22.4. The zero-order valence-corrected chi connectivity index (χ0v) is 25.6. The van der Waals surface area contributed by atoms with Gasteiger partial charge in [0.1, 0.15) is 0 Å². The van der Waals surface area contributed by atoms with E-state index in [2.05, 4.69) is 37.5 Å². The number of hydrogen-bond donors (Lipinski definition) is 0. The van der Waals surface area contributed by atoms with E-state index in [9.17, 15) is 19.6 Å². The molecule has 12 heteroatoms. The molecule has 0 bridgehead atoms. The van der Waals surface area contributed by atoms with Crippen molar-refractivity contribution in [2.75, 3.05) is 11.5 Å². The topological polar surface area (TPSA) is 92.2 Å². The number of hydrogen-bond acceptors (Lipinski definition) is 8. The summed E-state index contributed by atoms with van der Waals surface area (Å²) >= 11 is 10.2. The Morgan fingerprint density at radius 3 is 1.12 bits per heavy atom. The summed E-state index contributed by atoms with van der Waals surface area (Å²) in [5.41, 5.74) is -6.93. The maximum absolute atomic E-state index is 10.5. The van der Waals surface area contributed by atoms with Gasteiger partial charge in [0.25, 0.3) is 0 Å². The Hall–Kier alpha value is 3.09. The first-order valence-electron chi connectivity index (χ1n) is 7.45. The Morgan fingerprint density at radius 1 is 0.625 bits per heavy atom. The van der Waals surface area contributed by atoms with Crippen LogP contribution in [0.3, 0.4) is 0 Å². The fraction of sp³-hybridized carbons (Fsp3) is 1.00. The third-order valence-corrected chi connectivity index (χ3v) is 8.96. The van der Waals surface area contributed by atoms with Crippen LogP contribution in [0.25, 0.3) is 0 Å². The van der Waals surface area contributed by atoms with Crippen molar-refractivity contribution >= 4 is 57.8 Å². The van der Waals surface area contributed by atoms with Gasteiger partial charge < -0.3 is 19.6 Å². The molecule has 0 saturated carbocycles. The van der Waals surface area contributed by atoms with Crippen molar-refractivity contribution in [2.24, 2.45) is 0 Å². The van der Waals surface area contributed by atoms with E-state index in [1.54, 1.807) is 0 Å². The zero-order valence-electron chi connectivity index (χ0n) is 14.6. The van der Waals surface area contributed by atoms with Crippen LogP contribution >= 0.6 is 34.2 Å². The van der Waals surface area contributed by atoms with Gasteiger partial charge >= 0.3 is 39.0 Å². The molecule has 0 fully saturated rings. The van der Waals surface area contributed by atoms with Gasteiger partial charge in [-0.1, -0.05) is 52.4 Å². The van der Waals surface area contributed by atoms with Crippen molar-refractivity contribution < 1.29 is 58.5 Å². The molecular weight excluding hydrogens is 529 g/mol. The third kappa shape index (κ3) is 40.0. The molecule has 0 radical (unpaired) electrons. The van der Waals surface area contributed by atoms with Crippen LogP contribution in [-0.2, 0) is 62.6 Å². The fourth-order valence-corrected chi connectivity index (χ4v) is 5.98. The summed E-state index contributed by atoms with van der Waals surface area (Å²) in [5, 5.41) is 0. The van der Waals surface area contributed by atoms with Crippen LogP contribution in [0.2, 0.25) is 0 Å². The molecular formula is C12H26O4P2S4Zn2. The molecule has 0 heterocycles. The largest absolute Gasteiger partial charge is 2.00 e. The molecule has 0 aliphatic rings. The van der Waals surface area contributed by atoms with Gasteiger partial charge in [0.05, 0.1) is 0 Å². The van der Waals surface area contributed by atoms with Crippen molar-refractivity contribution in [1.82, 2.24) is 0 Å². The molecule has 0 N–H and O–H groups in total. The van der Waals surface area contributed by atoms with Crippen LogP contribution in [0.4, 0.5) is 0 Å². The molecule has 0 saturated heterocycles. The van der Waals surface area contributed by atoms with Crippen LogP contribution in [0, 0.1) is 0 Å². The molecule has 136 valence electrons. The van der Waals surface area contributed by atoms with Crippen LogP contribution in [-0.4, -0.2) is 11.5 Å². The smallest absolute Gasteiger partial charge is 0.825 e. The monoisotopic (exact) mass is 552 g/mol. The molecule has 0 unspecified atom stereocenters. The van der Waals surface area contributed by atoms with Gasteiger partial charge in [0.2, 0.25) is 0 Å². The summed E-state index contributed by atoms with van der Waals surface area (Å²) < 4.78 is 0. The van der Waals surface area contributed by atoms with E-state index >= 15 is 0 Å². The molecule has 0 aromatic carbocycles. The van der Waals surface area contributed by atoms with Crippen LogP contribution in [0.1, 0.15) is 65.2 Å². The summed E-state index contributed by atoms with van der Waals surface area (Å²) in [4.78, 5) is 41.9. The Bertz CT molecular complexity index is 311. The summed E-state index contributed by atoms with van der Waals surface area (Å²) in [6.45, 7) is 4.25. The minimum Gasteiger partial charge on any atom is -0.825 e. The van der Waals surface area contributed by atoms with E-state index in [0.717, 1.165) is 48.4 Å². The van der Waals surface area contributed by atoms with E-state index in [-0.39, 0.29) is 39.0 Å². The van der Waals surface area contributed by atoms with E-state index in [1.807, 2.05) is 0 Å². The quantitative estimate of drug-likeness (QED) is 0.206.